The molecule has 6 nitrogen and oxygen atoms in total. The van der Waals surface area contributed by atoms with Gasteiger partial charge in [0.05, 0.1) is 17.2 Å². The lowest BCUT2D eigenvalue weighted by atomic mass is 10.2. The maximum atomic E-state index is 11.9. The monoisotopic (exact) mass is 399 g/mol. The lowest BCUT2D eigenvalue weighted by molar-refractivity contribution is -0.117. The van der Waals surface area contributed by atoms with E-state index >= 15 is 0 Å². The fourth-order valence-corrected chi connectivity index (χ4v) is 4.25. The molecule has 1 saturated heterocycles. The van der Waals surface area contributed by atoms with Gasteiger partial charge in [-0.05, 0) is 44.9 Å². The number of carbonyl (C=O) groups is 1. The molecule has 7 heteroatoms. The van der Waals surface area contributed by atoms with Crippen LogP contribution < -0.4 is 15.5 Å². The predicted octanol–water partition coefficient (Wildman–Crippen LogP) is 3.18. The summed E-state index contributed by atoms with van der Waals surface area (Å²) in [5.74, 6) is 1.04. The topological polar surface area (TPSA) is 69.6 Å². The van der Waals surface area contributed by atoms with Gasteiger partial charge < -0.3 is 15.5 Å². The normalized spacial score (nSPS) is 14.6. The first-order chi connectivity index (χ1) is 13.6. The standard InChI is InChI=1S/C21H29N5OS/c1-4-22-21(23-12-11-19-15(2)25-16(3)28-19)24-14-17-7-9-18(10-8-17)26-13-5-6-20(26)27/h7-10H,4-6,11-14H2,1-3H3,(H2,22,23,24). The van der Waals surface area contributed by atoms with Crippen molar-refractivity contribution in [3.8, 4) is 0 Å². The van der Waals surface area contributed by atoms with Crippen molar-refractivity contribution in [2.75, 3.05) is 24.5 Å². The summed E-state index contributed by atoms with van der Waals surface area (Å²) in [6.07, 6.45) is 2.55. The Labute approximate surface area is 171 Å². The molecule has 1 aliphatic heterocycles. The smallest absolute Gasteiger partial charge is 0.227 e. The minimum Gasteiger partial charge on any atom is -0.357 e. The summed E-state index contributed by atoms with van der Waals surface area (Å²) in [4.78, 5) is 24.2. The van der Waals surface area contributed by atoms with E-state index in [0.29, 0.717) is 13.0 Å². The van der Waals surface area contributed by atoms with Gasteiger partial charge in [0.15, 0.2) is 5.96 Å². The van der Waals surface area contributed by atoms with Gasteiger partial charge >= 0.3 is 0 Å². The molecule has 1 aliphatic rings. The molecule has 0 spiro atoms. The number of aliphatic imine (C=N–C) groups is 1. The second-order valence-electron chi connectivity index (χ2n) is 6.93. The van der Waals surface area contributed by atoms with E-state index in [9.17, 15) is 4.79 Å². The van der Waals surface area contributed by atoms with Crippen molar-refractivity contribution in [1.82, 2.24) is 15.6 Å². The zero-order valence-corrected chi connectivity index (χ0v) is 17.7. The molecule has 1 fully saturated rings. The molecule has 150 valence electrons. The van der Waals surface area contributed by atoms with Crippen LogP contribution in [0.25, 0.3) is 0 Å². The molecule has 0 atom stereocenters. The van der Waals surface area contributed by atoms with Crippen LogP contribution in [0.2, 0.25) is 0 Å². The average molecular weight is 400 g/mol. The number of thiazole rings is 1. The summed E-state index contributed by atoms with van der Waals surface area (Å²) in [5, 5.41) is 7.82. The summed E-state index contributed by atoms with van der Waals surface area (Å²) >= 11 is 1.76. The van der Waals surface area contributed by atoms with Crippen molar-refractivity contribution in [1.29, 1.82) is 0 Å². The number of rotatable bonds is 7. The van der Waals surface area contributed by atoms with Crippen molar-refractivity contribution < 1.29 is 4.79 Å². The van der Waals surface area contributed by atoms with Gasteiger partial charge in [0.2, 0.25) is 5.91 Å². The van der Waals surface area contributed by atoms with E-state index in [-0.39, 0.29) is 5.91 Å². The maximum Gasteiger partial charge on any atom is 0.227 e. The lowest BCUT2D eigenvalue weighted by Gasteiger charge is -2.16. The summed E-state index contributed by atoms with van der Waals surface area (Å²) in [5.41, 5.74) is 3.24. The Morgan fingerprint density at radius 1 is 1.25 bits per heavy atom. The highest BCUT2D eigenvalue weighted by Gasteiger charge is 2.21. The van der Waals surface area contributed by atoms with Crippen LogP contribution in [0.1, 0.15) is 40.9 Å². The zero-order valence-electron chi connectivity index (χ0n) is 16.9. The van der Waals surface area contributed by atoms with Crippen LogP contribution in [0.15, 0.2) is 29.3 Å². The second kappa shape index (κ2) is 9.68. The molecule has 0 radical (unpaired) electrons. The minimum atomic E-state index is 0.218. The average Bonchev–Trinajstić information content (AvgIpc) is 3.25. The van der Waals surface area contributed by atoms with E-state index in [2.05, 4.69) is 46.6 Å². The molecule has 0 aliphatic carbocycles. The van der Waals surface area contributed by atoms with Crippen LogP contribution in [-0.4, -0.2) is 36.5 Å². The van der Waals surface area contributed by atoms with Crippen LogP contribution in [0.4, 0.5) is 5.69 Å². The van der Waals surface area contributed by atoms with Crippen molar-refractivity contribution in [3.05, 3.63) is 45.4 Å². The molecule has 2 N–H and O–H groups in total. The molecule has 28 heavy (non-hydrogen) atoms. The van der Waals surface area contributed by atoms with Gasteiger partial charge in [-0.1, -0.05) is 12.1 Å². The van der Waals surface area contributed by atoms with Crippen LogP contribution in [0.3, 0.4) is 0 Å². The number of nitrogens with zero attached hydrogens (tertiary/aromatic N) is 3. The van der Waals surface area contributed by atoms with Crippen molar-refractivity contribution >= 4 is 28.9 Å². The fraction of sp³-hybridized carbons (Fsp3) is 0.476. The fourth-order valence-electron chi connectivity index (χ4n) is 3.31. The Morgan fingerprint density at radius 2 is 2.04 bits per heavy atom. The first kappa shape index (κ1) is 20.3. The van der Waals surface area contributed by atoms with Crippen molar-refractivity contribution in [3.63, 3.8) is 0 Å². The molecule has 3 rings (SSSR count). The highest BCUT2D eigenvalue weighted by molar-refractivity contribution is 7.11. The molecule has 2 heterocycles. The number of nitrogens with one attached hydrogen (secondary N) is 2. The largest absolute Gasteiger partial charge is 0.357 e. The summed E-state index contributed by atoms with van der Waals surface area (Å²) in [6.45, 7) is 9.25. The van der Waals surface area contributed by atoms with Gasteiger partial charge in [0.1, 0.15) is 0 Å². The lowest BCUT2D eigenvalue weighted by Crippen LogP contribution is -2.38. The third-order valence-corrected chi connectivity index (χ3v) is 5.86. The van der Waals surface area contributed by atoms with Crippen LogP contribution >= 0.6 is 11.3 Å². The van der Waals surface area contributed by atoms with Crippen LogP contribution in [0.5, 0.6) is 0 Å². The number of guanidine groups is 1. The number of aromatic nitrogens is 1. The minimum absolute atomic E-state index is 0.218. The molecule has 1 aromatic carbocycles. The van der Waals surface area contributed by atoms with Crippen LogP contribution in [0, 0.1) is 13.8 Å². The van der Waals surface area contributed by atoms with Gasteiger partial charge in [-0.3, -0.25) is 4.79 Å². The van der Waals surface area contributed by atoms with Crippen molar-refractivity contribution in [2.24, 2.45) is 4.99 Å². The van der Waals surface area contributed by atoms with Crippen LogP contribution in [-0.2, 0) is 17.8 Å². The Kier molecular flexibility index (Phi) is 7.03. The molecule has 2 aromatic rings. The number of benzene rings is 1. The van der Waals surface area contributed by atoms with Gasteiger partial charge in [0.25, 0.3) is 0 Å². The first-order valence-corrected chi connectivity index (χ1v) is 10.7. The van der Waals surface area contributed by atoms with Crippen molar-refractivity contribution in [2.45, 2.75) is 46.6 Å². The zero-order chi connectivity index (χ0) is 19.9. The van der Waals surface area contributed by atoms with E-state index in [1.54, 1.807) is 11.3 Å². The summed E-state index contributed by atoms with van der Waals surface area (Å²) in [7, 11) is 0. The molecule has 0 unspecified atom stereocenters. The number of aryl methyl sites for hydroxylation is 2. The summed E-state index contributed by atoms with van der Waals surface area (Å²) in [6, 6.07) is 8.14. The number of amides is 1. The quantitative estimate of drug-likeness (QED) is 0.554. The predicted molar refractivity (Wildman–Crippen MR) is 116 cm³/mol. The maximum absolute atomic E-state index is 11.9. The van der Waals surface area contributed by atoms with Gasteiger partial charge in [0, 0.05) is 43.0 Å². The summed E-state index contributed by atoms with van der Waals surface area (Å²) < 4.78 is 0. The number of carbonyl (C=O) groups excluding carboxylic acids is 1. The van der Waals surface area contributed by atoms with E-state index < -0.39 is 0 Å². The SMILES string of the molecule is CCNC(=NCc1ccc(N2CCCC2=O)cc1)NCCc1sc(C)nc1C. The third kappa shape index (κ3) is 5.32. The van der Waals surface area contributed by atoms with E-state index in [0.717, 1.165) is 60.4 Å². The van der Waals surface area contributed by atoms with E-state index in [1.807, 2.05) is 24.0 Å². The highest BCUT2D eigenvalue weighted by atomic mass is 32.1. The third-order valence-electron chi connectivity index (χ3n) is 4.73. The molecule has 1 aromatic heterocycles. The van der Waals surface area contributed by atoms with Gasteiger partial charge in [-0.15, -0.1) is 11.3 Å². The Bertz CT molecular complexity index is 828. The second-order valence-corrected chi connectivity index (χ2v) is 8.22. The molecule has 1 amide bonds. The van der Waals surface area contributed by atoms with Gasteiger partial charge in [-0.25, -0.2) is 9.98 Å². The Balaban J connectivity index is 1.54. The van der Waals surface area contributed by atoms with E-state index in [1.165, 1.54) is 4.88 Å². The molecular formula is C21H29N5OS. The number of anilines is 1. The molecular weight excluding hydrogens is 370 g/mol. The molecule has 0 saturated carbocycles. The molecule has 0 bridgehead atoms. The number of hydrogen-bond acceptors (Lipinski definition) is 4. The Hall–Kier alpha value is -2.41. The van der Waals surface area contributed by atoms with E-state index in [4.69, 9.17) is 0 Å². The Morgan fingerprint density at radius 3 is 2.64 bits per heavy atom. The highest BCUT2D eigenvalue weighted by Crippen LogP contribution is 2.21. The number of hydrogen-bond donors (Lipinski definition) is 2. The first-order valence-electron chi connectivity index (χ1n) is 9.91. The van der Waals surface area contributed by atoms with Gasteiger partial charge in [-0.2, -0.15) is 0 Å².